The van der Waals surface area contributed by atoms with E-state index in [1.165, 1.54) is 19.3 Å². The van der Waals surface area contributed by atoms with Gasteiger partial charge in [0.2, 0.25) is 0 Å². The van der Waals surface area contributed by atoms with E-state index in [0.29, 0.717) is 29.2 Å². The molecule has 2 aliphatic heterocycles. The van der Waals surface area contributed by atoms with Gasteiger partial charge in [-0.15, -0.1) is 0 Å². The second kappa shape index (κ2) is 4.42. The van der Waals surface area contributed by atoms with E-state index in [-0.39, 0.29) is 5.92 Å². The Morgan fingerprint density at radius 1 is 1.33 bits per heavy atom. The standard InChI is InChI=1S/C19H25NO/c1-4-19-11-18-14(12(2)21)10-16(19)17(20(18)3)9-13-7-5-6-8-15(13)19/h5-8,14,16-18H,4,9-11H2,1-3H3. The Morgan fingerprint density at radius 3 is 2.81 bits per heavy atom. The number of nitrogens with zero attached hydrogens (tertiary/aromatic N) is 1. The summed E-state index contributed by atoms with van der Waals surface area (Å²) in [4.78, 5) is 14.6. The zero-order chi connectivity index (χ0) is 14.8. The molecule has 1 aromatic rings. The molecule has 1 aromatic carbocycles. The lowest BCUT2D eigenvalue weighted by atomic mass is 9.48. The van der Waals surface area contributed by atoms with Gasteiger partial charge in [0.25, 0.3) is 0 Å². The largest absolute Gasteiger partial charge is 0.300 e. The molecule has 2 aliphatic carbocycles. The first kappa shape index (κ1) is 13.5. The van der Waals surface area contributed by atoms with E-state index in [4.69, 9.17) is 0 Å². The number of carbonyl (C=O) groups excluding carboxylic acids is 1. The average molecular weight is 283 g/mol. The smallest absolute Gasteiger partial charge is 0.134 e. The predicted octanol–water partition coefficient (Wildman–Crippen LogP) is 3.19. The van der Waals surface area contributed by atoms with Crippen molar-refractivity contribution >= 4 is 5.78 Å². The van der Waals surface area contributed by atoms with Gasteiger partial charge in [-0.2, -0.15) is 0 Å². The van der Waals surface area contributed by atoms with Gasteiger partial charge in [0.1, 0.15) is 5.78 Å². The Kier molecular flexibility index (Phi) is 2.85. The highest BCUT2D eigenvalue weighted by Crippen LogP contribution is 2.59. The summed E-state index contributed by atoms with van der Waals surface area (Å²) in [5, 5.41) is 0. The van der Waals surface area contributed by atoms with Gasteiger partial charge in [-0.1, -0.05) is 31.2 Å². The van der Waals surface area contributed by atoms with Gasteiger partial charge in [0.15, 0.2) is 0 Å². The number of Topliss-reactive ketones (excluding diaryl/α,β-unsaturated/α-hetero) is 1. The molecule has 2 heterocycles. The second-order valence-electron chi connectivity index (χ2n) is 7.43. The second-order valence-corrected chi connectivity index (χ2v) is 7.43. The Labute approximate surface area is 127 Å². The number of likely N-dealkylation sites (N-methyl/N-ethyl adjacent to an activating group) is 1. The zero-order valence-corrected chi connectivity index (χ0v) is 13.3. The minimum Gasteiger partial charge on any atom is -0.300 e. The molecular weight excluding hydrogens is 258 g/mol. The Hall–Kier alpha value is -1.15. The van der Waals surface area contributed by atoms with Crippen molar-refractivity contribution in [2.75, 3.05) is 7.05 Å². The van der Waals surface area contributed by atoms with Crippen LogP contribution < -0.4 is 0 Å². The van der Waals surface area contributed by atoms with Crippen LogP contribution in [-0.2, 0) is 16.6 Å². The van der Waals surface area contributed by atoms with E-state index < -0.39 is 0 Å². The molecule has 0 amide bonds. The molecule has 2 nitrogen and oxygen atoms in total. The van der Waals surface area contributed by atoms with Crippen molar-refractivity contribution in [1.29, 1.82) is 0 Å². The number of piperidine rings is 2. The fourth-order valence-corrected chi connectivity index (χ4v) is 5.85. The molecule has 0 N–H and O–H groups in total. The zero-order valence-electron chi connectivity index (χ0n) is 13.3. The minimum atomic E-state index is 0.265. The van der Waals surface area contributed by atoms with Crippen molar-refractivity contribution in [1.82, 2.24) is 4.90 Å². The number of benzene rings is 1. The van der Waals surface area contributed by atoms with Crippen LogP contribution in [0.25, 0.3) is 0 Å². The number of carbonyl (C=O) groups is 1. The van der Waals surface area contributed by atoms with E-state index in [0.717, 1.165) is 6.42 Å². The molecule has 21 heavy (non-hydrogen) atoms. The first-order valence-electron chi connectivity index (χ1n) is 8.39. The van der Waals surface area contributed by atoms with Crippen LogP contribution in [0.2, 0.25) is 0 Å². The summed E-state index contributed by atoms with van der Waals surface area (Å²) in [6, 6.07) is 10.1. The van der Waals surface area contributed by atoms with E-state index in [1.54, 1.807) is 18.1 Å². The van der Waals surface area contributed by atoms with Crippen LogP contribution in [0.4, 0.5) is 0 Å². The summed E-state index contributed by atoms with van der Waals surface area (Å²) >= 11 is 0. The summed E-state index contributed by atoms with van der Waals surface area (Å²) in [7, 11) is 2.25. The van der Waals surface area contributed by atoms with Crippen LogP contribution in [0.15, 0.2) is 24.3 Å². The summed E-state index contributed by atoms with van der Waals surface area (Å²) in [5.41, 5.74) is 3.46. The quantitative estimate of drug-likeness (QED) is 0.831. The van der Waals surface area contributed by atoms with Crippen molar-refractivity contribution in [3.8, 4) is 0 Å². The van der Waals surface area contributed by atoms with Crippen molar-refractivity contribution in [2.24, 2.45) is 11.8 Å². The molecule has 0 spiro atoms. The van der Waals surface area contributed by atoms with Crippen LogP contribution >= 0.6 is 0 Å². The third-order valence-corrected chi connectivity index (χ3v) is 6.90. The number of hydrogen-bond acceptors (Lipinski definition) is 2. The van der Waals surface area contributed by atoms with Crippen LogP contribution in [0.5, 0.6) is 0 Å². The summed E-state index contributed by atoms with van der Waals surface area (Å²) in [5.74, 6) is 1.32. The molecule has 5 unspecified atom stereocenters. The van der Waals surface area contributed by atoms with Crippen molar-refractivity contribution in [3.63, 3.8) is 0 Å². The number of ketones is 1. The summed E-state index contributed by atoms with van der Waals surface area (Å²) in [6.45, 7) is 4.14. The molecule has 2 heteroatoms. The number of hydrogen-bond donors (Lipinski definition) is 0. The van der Waals surface area contributed by atoms with E-state index in [2.05, 4.69) is 43.1 Å². The van der Waals surface area contributed by atoms with Crippen molar-refractivity contribution < 1.29 is 4.79 Å². The van der Waals surface area contributed by atoms with Crippen LogP contribution in [0.3, 0.4) is 0 Å². The SMILES string of the molecule is CCC12CC3C(C(C)=O)CC1C(Cc1ccccc12)N3C. The predicted molar refractivity (Wildman–Crippen MR) is 84.3 cm³/mol. The normalized spacial score (nSPS) is 40.9. The van der Waals surface area contributed by atoms with Gasteiger partial charge in [-0.3, -0.25) is 9.69 Å². The Balaban J connectivity index is 1.86. The highest BCUT2D eigenvalue weighted by Gasteiger charge is 2.60. The first-order valence-corrected chi connectivity index (χ1v) is 8.39. The maximum absolute atomic E-state index is 12.1. The molecule has 0 radical (unpaired) electrons. The van der Waals surface area contributed by atoms with E-state index in [1.807, 2.05) is 0 Å². The van der Waals surface area contributed by atoms with Gasteiger partial charge >= 0.3 is 0 Å². The summed E-state index contributed by atoms with van der Waals surface area (Å²) < 4.78 is 0. The molecule has 2 saturated heterocycles. The number of fused-ring (bicyclic) bond motifs is 2. The topological polar surface area (TPSA) is 20.3 Å². The van der Waals surface area contributed by atoms with Crippen molar-refractivity contribution in [3.05, 3.63) is 35.4 Å². The molecule has 1 saturated carbocycles. The maximum Gasteiger partial charge on any atom is 0.134 e. The number of rotatable bonds is 2. The summed E-state index contributed by atoms with van der Waals surface area (Å²) in [6.07, 6.45) is 4.65. The van der Waals surface area contributed by atoms with Gasteiger partial charge in [0.05, 0.1) is 0 Å². The Bertz CT molecular complexity index is 595. The molecule has 5 atom stereocenters. The van der Waals surface area contributed by atoms with Crippen LogP contribution in [-0.4, -0.2) is 29.8 Å². The monoisotopic (exact) mass is 283 g/mol. The molecular formula is C19H25NO. The van der Waals surface area contributed by atoms with E-state index >= 15 is 0 Å². The molecule has 112 valence electrons. The fraction of sp³-hybridized carbons (Fsp3) is 0.632. The highest BCUT2D eigenvalue weighted by molar-refractivity contribution is 5.79. The van der Waals surface area contributed by atoms with Gasteiger partial charge in [-0.25, -0.2) is 0 Å². The molecule has 5 rings (SSSR count). The Morgan fingerprint density at radius 2 is 2.10 bits per heavy atom. The first-order chi connectivity index (χ1) is 10.1. The van der Waals surface area contributed by atoms with Gasteiger partial charge < -0.3 is 0 Å². The lowest BCUT2D eigenvalue weighted by molar-refractivity contribution is -0.139. The van der Waals surface area contributed by atoms with Crippen molar-refractivity contribution in [2.45, 2.75) is 57.0 Å². The maximum atomic E-state index is 12.1. The molecule has 0 aromatic heterocycles. The van der Waals surface area contributed by atoms with Crippen LogP contribution in [0.1, 0.15) is 44.2 Å². The van der Waals surface area contributed by atoms with Crippen LogP contribution in [0, 0.1) is 11.8 Å². The fourth-order valence-electron chi connectivity index (χ4n) is 5.85. The van der Waals surface area contributed by atoms with Gasteiger partial charge in [-0.05, 0) is 56.7 Å². The molecule has 4 bridgehead atoms. The van der Waals surface area contributed by atoms with Gasteiger partial charge in [0, 0.05) is 23.4 Å². The molecule has 3 fully saturated rings. The third-order valence-electron chi connectivity index (χ3n) is 6.90. The lowest BCUT2D eigenvalue weighted by Gasteiger charge is -2.65. The third kappa shape index (κ3) is 1.60. The molecule has 4 aliphatic rings. The lowest BCUT2D eigenvalue weighted by Crippen LogP contribution is -2.69. The average Bonchev–Trinajstić information content (AvgIpc) is 2.50. The van der Waals surface area contributed by atoms with E-state index in [9.17, 15) is 4.79 Å². The minimum absolute atomic E-state index is 0.265. The highest BCUT2D eigenvalue weighted by atomic mass is 16.1.